The summed E-state index contributed by atoms with van der Waals surface area (Å²) in [6.45, 7) is 1.34. The molecule has 1 unspecified atom stereocenters. The SMILES string of the molecule is C[C@@H]1C(=S)[N+](OC(=O)C(F)(F)F)(c2ccc(SC(F)(F)F)cc2)C(=O)N1Cc1ccnc2ccccc12. The monoisotopic (exact) mass is 560 g/mol. The number of pyridine rings is 1. The summed E-state index contributed by atoms with van der Waals surface area (Å²) in [5, 5.41) is 0.682. The zero-order valence-electron chi connectivity index (χ0n) is 18.7. The Labute approximate surface area is 215 Å². The number of rotatable bonds is 5. The van der Waals surface area contributed by atoms with Crippen molar-refractivity contribution in [1.29, 1.82) is 0 Å². The predicted molar refractivity (Wildman–Crippen MR) is 127 cm³/mol. The second-order valence-electron chi connectivity index (χ2n) is 7.94. The third-order valence-electron chi connectivity index (χ3n) is 5.62. The van der Waals surface area contributed by atoms with Gasteiger partial charge in [-0.1, -0.05) is 18.2 Å². The highest BCUT2D eigenvalue weighted by atomic mass is 32.2. The van der Waals surface area contributed by atoms with Crippen LogP contribution in [0.5, 0.6) is 0 Å². The number of benzene rings is 2. The first-order valence-corrected chi connectivity index (χ1v) is 11.7. The Bertz CT molecular complexity index is 1380. The normalized spacial score (nSPS) is 20.5. The van der Waals surface area contributed by atoms with Crippen LogP contribution in [0.1, 0.15) is 12.5 Å². The fourth-order valence-corrected chi connectivity index (χ4v) is 4.81. The molecule has 2 atom stereocenters. The second kappa shape index (κ2) is 9.58. The molecule has 2 aromatic carbocycles. The number of thiocarbonyl (C=S) groups is 1. The van der Waals surface area contributed by atoms with Gasteiger partial charge in [0, 0.05) is 33.3 Å². The van der Waals surface area contributed by atoms with E-state index in [0.717, 1.165) is 29.2 Å². The van der Waals surface area contributed by atoms with Crippen molar-refractivity contribution < 1.29 is 40.8 Å². The minimum absolute atomic E-state index is 0.116. The van der Waals surface area contributed by atoms with Gasteiger partial charge in [0.25, 0.3) is 4.99 Å². The molecule has 4 rings (SSSR count). The first-order valence-electron chi connectivity index (χ1n) is 10.5. The molecule has 1 aliphatic rings. The van der Waals surface area contributed by atoms with Gasteiger partial charge >= 0.3 is 23.7 Å². The van der Waals surface area contributed by atoms with E-state index in [1.54, 1.807) is 30.3 Å². The van der Waals surface area contributed by atoms with E-state index in [1.165, 1.54) is 13.1 Å². The lowest BCUT2D eigenvalue weighted by molar-refractivity contribution is -0.216. The number of hydrogen-bond donors (Lipinski definition) is 0. The smallest absolute Gasteiger partial charge is 0.271 e. The van der Waals surface area contributed by atoms with E-state index in [4.69, 9.17) is 17.1 Å². The van der Waals surface area contributed by atoms with Crippen molar-refractivity contribution in [2.75, 3.05) is 0 Å². The number of quaternary nitrogens is 1. The van der Waals surface area contributed by atoms with Crippen LogP contribution in [0.4, 0.5) is 36.8 Å². The van der Waals surface area contributed by atoms with Crippen LogP contribution in [0.25, 0.3) is 10.9 Å². The first-order chi connectivity index (χ1) is 17.2. The number of hydroxylamine groups is 2. The number of urea groups is 1. The molecule has 1 saturated heterocycles. The number of alkyl halides is 6. The third kappa shape index (κ3) is 5.13. The molecule has 1 aliphatic heterocycles. The maximum atomic E-state index is 13.7. The molecule has 37 heavy (non-hydrogen) atoms. The average Bonchev–Trinajstić information content (AvgIpc) is 2.99. The molecule has 14 heteroatoms. The molecule has 194 valence electrons. The largest absolute Gasteiger partial charge is 0.497 e. The lowest BCUT2D eigenvalue weighted by Gasteiger charge is -2.26. The minimum atomic E-state index is -5.47. The Kier molecular flexibility index (Phi) is 6.94. The zero-order valence-corrected chi connectivity index (χ0v) is 20.3. The maximum absolute atomic E-state index is 13.7. The Morgan fingerprint density at radius 2 is 1.73 bits per heavy atom. The van der Waals surface area contributed by atoms with Gasteiger partial charge in [0.15, 0.2) is 5.69 Å². The van der Waals surface area contributed by atoms with Crippen molar-refractivity contribution in [3.8, 4) is 0 Å². The predicted octanol–water partition coefficient (Wildman–Crippen LogP) is 6.53. The van der Waals surface area contributed by atoms with Crippen LogP contribution in [0, 0.1) is 0 Å². The second-order valence-corrected chi connectivity index (χ2v) is 9.50. The summed E-state index contributed by atoms with van der Waals surface area (Å²) in [4.78, 5) is 35.1. The molecular formula is C23H16F6N3O3S2+. The van der Waals surface area contributed by atoms with Crippen LogP contribution in [0.3, 0.4) is 0 Å². The Morgan fingerprint density at radius 1 is 1.08 bits per heavy atom. The molecule has 1 aromatic heterocycles. The van der Waals surface area contributed by atoms with Gasteiger partial charge in [-0.05, 0) is 60.7 Å². The molecule has 0 bridgehead atoms. The van der Waals surface area contributed by atoms with E-state index in [9.17, 15) is 35.9 Å². The molecule has 0 saturated carbocycles. The van der Waals surface area contributed by atoms with E-state index < -0.39 is 51.1 Å². The summed E-state index contributed by atoms with van der Waals surface area (Å²) in [6.07, 6.45) is -3.96. The number of thioether (sulfide) groups is 1. The van der Waals surface area contributed by atoms with Crippen molar-refractivity contribution in [2.45, 2.75) is 36.1 Å². The summed E-state index contributed by atoms with van der Waals surface area (Å²) in [5.74, 6) is -2.68. The number of para-hydroxylation sites is 1. The van der Waals surface area contributed by atoms with Gasteiger partial charge in [-0.25, -0.2) is 14.4 Å². The molecule has 0 spiro atoms. The van der Waals surface area contributed by atoms with Crippen LogP contribution in [-0.2, 0) is 16.2 Å². The summed E-state index contributed by atoms with van der Waals surface area (Å²) in [6, 6.07) is 10.4. The lowest BCUT2D eigenvalue weighted by atomic mass is 10.1. The van der Waals surface area contributed by atoms with Gasteiger partial charge < -0.3 is 0 Å². The topological polar surface area (TPSA) is 59.5 Å². The number of nitrogens with zero attached hydrogens (tertiary/aromatic N) is 3. The van der Waals surface area contributed by atoms with Gasteiger partial charge in [0.05, 0.1) is 12.1 Å². The molecular weight excluding hydrogens is 544 g/mol. The van der Waals surface area contributed by atoms with Crippen molar-refractivity contribution in [2.24, 2.45) is 0 Å². The van der Waals surface area contributed by atoms with Crippen molar-refractivity contribution >= 4 is 57.6 Å². The highest BCUT2D eigenvalue weighted by molar-refractivity contribution is 8.00. The summed E-state index contributed by atoms with van der Waals surface area (Å²) in [7, 11) is 0. The van der Waals surface area contributed by atoms with Crippen LogP contribution in [0.2, 0.25) is 0 Å². The Hall–Kier alpha value is -3.23. The fourth-order valence-electron chi connectivity index (χ4n) is 3.93. The summed E-state index contributed by atoms with van der Waals surface area (Å²) in [5.41, 5.74) is -3.75. The van der Waals surface area contributed by atoms with Gasteiger partial charge in [-0.2, -0.15) is 26.3 Å². The Balaban J connectivity index is 1.78. The lowest BCUT2D eigenvalue weighted by Crippen LogP contribution is -2.57. The minimum Gasteiger partial charge on any atom is -0.271 e. The quantitative estimate of drug-likeness (QED) is 0.153. The van der Waals surface area contributed by atoms with Crippen LogP contribution in [0.15, 0.2) is 65.7 Å². The number of amides is 2. The van der Waals surface area contributed by atoms with E-state index in [-0.39, 0.29) is 17.1 Å². The highest BCUT2D eigenvalue weighted by Gasteiger charge is 2.64. The van der Waals surface area contributed by atoms with E-state index in [2.05, 4.69) is 4.98 Å². The van der Waals surface area contributed by atoms with Crippen LogP contribution >= 0.6 is 24.0 Å². The van der Waals surface area contributed by atoms with E-state index in [1.807, 2.05) is 0 Å². The van der Waals surface area contributed by atoms with E-state index in [0.29, 0.717) is 16.5 Å². The Morgan fingerprint density at radius 3 is 2.35 bits per heavy atom. The van der Waals surface area contributed by atoms with Crippen LogP contribution in [-0.4, -0.2) is 44.6 Å². The fraction of sp³-hybridized carbons (Fsp3) is 0.217. The van der Waals surface area contributed by atoms with Gasteiger partial charge in [-0.15, -0.1) is 0 Å². The highest BCUT2D eigenvalue weighted by Crippen LogP contribution is 2.41. The number of carbonyl (C=O) groups is 2. The van der Waals surface area contributed by atoms with Crippen molar-refractivity contribution in [3.63, 3.8) is 0 Å². The molecule has 0 aliphatic carbocycles. The van der Waals surface area contributed by atoms with Gasteiger partial charge in [0.2, 0.25) is 0 Å². The summed E-state index contributed by atoms with van der Waals surface area (Å²) < 4.78 is 76.1. The first kappa shape index (κ1) is 26.8. The number of fused-ring (bicyclic) bond motifs is 1. The number of carbonyl (C=O) groups excluding carboxylic acids is 2. The molecule has 0 N–H and O–H groups in total. The summed E-state index contributed by atoms with van der Waals surface area (Å²) >= 11 is 4.90. The molecule has 1 fully saturated rings. The molecule has 2 heterocycles. The van der Waals surface area contributed by atoms with Crippen molar-refractivity contribution in [3.05, 3.63) is 66.4 Å². The standard InChI is InChI=1S/C23H16F6N3O3S2/c1-13-19(36)32(35-20(33)22(24,25)26,15-6-8-16(9-7-15)37-23(27,28)29)21(34)31(13)12-14-10-11-30-18-5-3-2-4-17(14)18/h2-11,13H,12H2,1H3/q+1/t13-,32?/m1/s1. The molecule has 0 radical (unpaired) electrons. The molecule has 2 amide bonds. The maximum Gasteiger partial charge on any atom is 0.497 e. The van der Waals surface area contributed by atoms with E-state index >= 15 is 0 Å². The molecule has 3 aromatic rings. The third-order valence-corrected chi connectivity index (χ3v) is 6.95. The van der Waals surface area contributed by atoms with Gasteiger partial charge in [-0.3, -0.25) is 9.88 Å². The van der Waals surface area contributed by atoms with Crippen molar-refractivity contribution in [1.82, 2.24) is 14.5 Å². The zero-order chi connectivity index (χ0) is 27.2. The average molecular weight is 561 g/mol. The number of hydrogen-bond acceptors (Lipinski definition) is 6. The van der Waals surface area contributed by atoms with Gasteiger partial charge in [0.1, 0.15) is 6.04 Å². The van der Waals surface area contributed by atoms with Crippen LogP contribution < -0.4 is 4.65 Å². The number of halogens is 6. The molecule has 6 nitrogen and oxygen atoms in total. The number of aromatic nitrogens is 1.